The van der Waals surface area contributed by atoms with Gasteiger partial charge in [0.25, 0.3) is 0 Å². The van der Waals surface area contributed by atoms with Gasteiger partial charge in [0, 0.05) is 0 Å². The second-order valence-corrected chi connectivity index (χ2v) is 7.75. The highest BCUT2D eigenvalue weighted by Crippen LogP contribution is 2.57. The van der Waals surface area contributed by atoms with Crippen LogP contribution in [-0.4, -0.2) is 45.9 Å². The van der Waals surface area contributed by atoms with Crippen molar-refractivity contribution in [3.05, 3.63) is 0 Å². The van der Waals surface area contributed by atoms with Crippen LogP contribution in [-0.2, 0) is 28.4 Å². The first kappa shape index (κ1) is 18.8. The molecule has 0 saturated heterocycles. The lowest BCUT2D eigenvalue weighted by atomic mass is 9.53. The Kier molecular flexibility index (Phi) is 5.22. The quantitative estimate of drug-likeness (QED) is 0.293. The summed E-state index contributed by atoms with van der Waals surface area (Å²) in [6, 6.07) is 0. The number of esters is 2. The molecule has 0 aromatic heterocycles. The molecule has 4 fully saturated rings. The highest BCUT2D eigenvalue weighted by molar-refractivity contribution is 7.96. The first-order valence-electron chi connectivity index (χ1n) is 7.85. The van der Waals surface area contributed by atoms with Crippen molar-refractivity contribution in [2.45, 2.75) is 49.1 Å². The molecule has 4 aliphatic rings. The molecular formula is C14H18F2O8S. The van der Waals surface area contributed by atoms with E-state index in [1.807, 2.05) is 0 Å². The predicted molar refractivity (Wildman–Crippen MR) is 76.7 cm³/mol. The van der Waals surface area contributed by atoms with Gasteiger partial charge in [0.1, 0.15) is 17.6 Å². The van der Waals surface area contributed by atoms with Gasteiger partial charge < -0.3 is 14.6 Å². The van der Waals surface area contributed by atoms with E-state index < -0.39 is 41.4 Å². The Morgan fingerprint density at radius 2 is 1.84 bits per heavy atom. The summed E-state index contributed by atoms with van der Waals surface area (Å²) in [4.78, 5) is 23.2. The monoisotopic (exact) mass is 384 g/mol. The Bertz CT molecular complexity index is 529. The minimum atomic E-state index is -4.16. The van der Waals surface area contributed by atoms with E-state index in [2.05, 4.69) is 14.1 Å². The maximum atomic E-state index is 13.2. The lowest BCUT2D eigenvalue weighted by molar-refractivity contribution is -0.433. The largest absolute Gasteiger partial charge is 0.457 e. The van der Waals surface area contributed by atoms with Crippen molar-refractivity contribution >= 4 is 24.0 Å². The molecule has 0 heterocycles. The summed E-state index contributed by atoms with van der Waals surface area (Å²) < 4.78 is 39.6. The third kappa shape index (κ3) is 3.90. The van der Waals surface area contributed by atoms with E-state index >= 15 is 0 Å². The minimum absolute atomic E-state index is 0.0814. The summed E-state index contributed by atoms with van der Waals surface area (Å²) in [5.74, 6) is -2.39. The molecule has 0 amide bonds. The van der Waals surface area contributed by atoms with Crippen molar-refractivity contribution in [3.8, 4) is 0 Å². The average molecular weight is 384 g/mol. The zero-order chi connectivity index (χ0) is 18.2. The molecule has 11 heteroatoms. The van der Waals surface area contributed by atoms with Crippen molar-refractivity contribution in [1.29, 1.82) is 0 Å². The average Bonchev–Trinajstić information content (AvgIpc) is 2.54. The number of aliphatic hydroxyl groups excluding tert-OH is 1. The molecule has 2 unspecified atom stereocenters. The number of carbonyl (C=O) groups is 2. The van der Waals surface area contributed by atoms with Crippen LogP contribution in [0.4, 0.5) is 8.78 Å². The summed E-state index contributed by atoms with van der Waals surface area (Å²) in [6.45, 7) is -0.959. The third-order valence-electron chi connectivity index (χ3n) is 5.23. The van der Waals surface area contributed by atoms with Crippen LogP contribution in [0, 0.1) is 17.8 Å². The maximum absolute atomic E-state index is 13.2. The molecule has 4 aliphatic carbocycles. The Morgan fingerprint density at radius 3 is 2.44 bits per heavy atom. The molecule has 142 valence electrons. The topological polar surface area (TPSA) is 112 Å². The van der Waals surface area contributed by atoms with E-state index in [4.69, 9.17) is 9.99 Å². The van der Waals surface area contributed by atoms with E-state index in [-0.39, 0.29) is 17.9 Å². The number of ether oxygens (including phenoxy) is 2. The highest BCUT2D eigenvalue weighted by Gasteiger charge is 2.57. The van der Waals surface area contributed by atoms with E-state index in [0.29, 0.717) is 25.2 Å². The zero-order valence-electron chi connectivity index (χ0n) is 13.1. The number of aliphatic hydroxyl groups is 1. The number of rotatable bonds is 7. The summed E-state index contributed by atoms with van der Waals surface area (Å²) in [7, 11) is 0. The molecule has 0 radical (unpaired) electrons. The molecule has 25 heavy (non-hydrogen) atoms. The first-order valence-corrected chi connectivity index (χ1v) is 8.60. The molecule has 0 aromatic carbocycles. The van der Waals surface area contributed by atoms with Crippen molar-refractivity contribution in [2.75, 3.05) is 6.61 Å². The Labute approximate surface area is 145 Å². The second-order valence-electron chi connectivity index (χ2n) is 6.94. The van der Waals surface area contributed by atoms with Gasteiger partial charge in [-0.2, -0.15) is 8.78 Å². The fourth-order valence-electron chi connectivity index (χ4n) is 4.62. The summed E-state index contributed by atoms with van der Waals surface area (Å²) >= 11 is -0.766. The van der Waals surface area contributed by atoms with Crippen molar-refractivity contribution in [2.24, 2.45) is 17.8 Å². The maximum Gasteiger partial charge on any atom is 0.415 e. The van der Waals surface area contributed by atoms with Crippen LogP contribution in [0.5, 0.6) is 0 Å². The Morgan fingerprint density at radius 1 is 1.20 bits per heavy atom. The number of halogens is 2. The number of hydrogen-bond acceptors (Lipinski definition) is 9. The normalized spacial score (nSPS) is 36.3. The predicted octanol–water partition coefficient (Wildman–Crippen LogP) is 1.67. The fourth-order valence-corrected chi connectivity index (χ4v) is 4.86. The number of hydrogen-bond donors (Lipinski definition) is 2. The summed E-state index contributed by atoms with van der Waals surface area (Å²) in [5, 5.41) is 16.8. The van der Waals surface area contributed by atoms with Crippen LogP contribution in [0.25, 0.3) is 0 Å². The van der Waals surface area contributed by atoms with E-state index in [0.717, 1.165) is 12.8 Å². The van der Waals surface area contributed by atoms with Gasteiger partial charge in [0.15, 0.2) is 6.61 Å². The zero-order valence-corrected chi connectivity index (χ0v) is 13.9. The van der Waals surface area contributed by atoms with Crippen molar-refractivity contribution in [1.82, 2.24) is 0 Å². The van der Waals surface area contributed by atoms with Gasteiger partial charge in [-0.05, 0) is 49.9 Å². The van der Waals surface area contributed by atoms with Crippen LogP contribution in [0.3, 0.4) is 0 Å². The van der Waals surface area contributed by atoms with Gasteiger partial charge in [0.2, 0.25) is 0 Å². The molecule has 0 aromatic rings. The standard InChI is InChI=1S/C14H18F2O8S/c15-14(16,25-24-23-20)12(19)21-6-10(17)22-13-3-7-1-8(4-13)11(18)9(2-7)5-13/h7-9,11,18,20H,1-6H2. The van der Waals surface area contributed by atoms with Gasteiger partial charge in [0.05, 0.1) is 6.10 Å². The van der Waals surface area contributed by atoms with Crippen molar-refractivity contribution in [3.63, 3.8) is 0 Å². The Balaban J connectivity index is 1.51. The molecule has 0 spiro atoms. The van der Waals surface area contributed by atoms with Crippen LogP contribution in [0.1, 0.15) is 32.1 Å². The summed E-state index contributed by atoms with van der Waals surface area (Å²) in [5.41, 5.74) is -0.704. The van der Waals surface area contributed by atoms with Gasteiger partial charge in [-0.25, -0.2) is 14.8 Å². The molecule has 0 aliphatic heterocycles. The molecule has 2 atom stereocenters. The van der Waals surface area contributed by atoms with Crippen LogP contribution >= 0.6 is 12.0 Å². The van der Waals surface area contributed by atoms with Crippen LogP contribution in [0.2, 0.25) is 0 Å². The SMILES string of the molecule is O=C(COC(=O)C(F)(F)SOOO)OC12CC3CC(C1)C(O)C(C3)C2. The van der Waals surface area contributed by atoms with E-state index in [1.54, 1.807) is 0 Å². The molecule has 2 N–H and O–H groups in total. The molecule has 4 saturated carbocycles. The van der Waals surface area contributed by atoms with Crippen molar-refractivity contribution < 1.29 is 47.6 Å². The van der Waals surface area contributed by atoms with Gasteiger partial charge >= 0.3 is 17.2 Å². The molecule has 4 rings (SSSR count). The second kappa shape index (κ2) is 6.95. The third-order valence-corrected chi connectivity index (χ3v) is 5.73. The number of alkyl halides is 2. The lowest BCUT2D eigenvalue weighted by Gasteiger charge is -2.57. The first-order chi connectivity index (χ1) is 11.7. The summed E-state index contributed by atoms with van der Waals surface area (Å²) in [6.07, 6.45) is 3.18. The molecular weight excluding hydrogens is 366 g/mol. The van der Waals surface area contributed by atoms with Crippen LogP contribution < -0.4 is 0 Å². The highest BCUT2D eigenvalue weighted by atomic mass is 32.2. The lowest BCUT2D eigenvalue weighted by Crippen LogP contribution is -2.58. The van der Waals surface area contributed by atoms with Crippen LogP contribution in [0.15, 0.2) is 0 Å². The van der Waals surface area contributed by atoms with Gasteiger partial charge in [-0.3, -0.25) is 0 Å². The Hall–Kier alpha value is -1.01. The van der Waals surface area contributed by atoms with Gasteiger partial charge in [-0.15, -0.1) is 4.33 Å². The molecule has 4 bridgehead atoms. The number of carbonyl (C=O) groups excluding carboxylic acids is 2. The van der Waals surface area contributed by atoms with E-state index in [9.17, 15) is 23.5 Å². The minimum Gasteiger partial charge on any atom is -0.457 e. The fraction of sp³-hybridized carbons (Fsp3) is 0.857. The molecule has 8 nitrogen and oxygen atoms in total. The smallest absolute Gasteiger partial charge is 0.415 e. The van der Waals surface area contributed by atoms with E-state index in [1.165, 1.54) is 0 Å². The van der Waals surface area contributed by atoms with Gasteiger partial charge in [-0.1, -0.05) is 5.04 Å².